The second-order valence-corrected chi connectivity index (χ2v) is 6.16. The van der Waals surface area contributed by atoms with E-state index in [0.29, 0.717) is 31.3 Å². The van der Waals surface area contributed by atoms with Crippen molar-refractivity contribution in [1.82, 2.24) is 14.5 Å². The van der Waals surface area contributed by atoms with E-state index >= 15 is 0 Å². The number of fused-ring (bicyclic) bond motifs is 1. The van der Waals surface area contributed by atoms with Crippen molar-refractivity contribution in [2.24, 2.45) is 0 Å². The molecule has 0 radical (unpaired) electrons. The lowest BCUT2D eigenvalue weighted by Crippen LogP contribution is -2.35. The van der Waals surface area contributed by atoms with E-state index in [9.17, 15) is 4.79 Å². The highest BCUT2D eigenvalue weighted by Gasteiger charge is 2.22. The molecule has 2 heterocycles. The molecular formula is C18H23N3O4. The van der Waals surface area contributed by atoms with E-state index in [0.717, 1.165) is 11.3 Å². The fourth-order valence-corrected chi connectivity index (χ4v) is 2.75. The van der Waals surface area contributed by atoms with Crippen LogP contribution in [0.5, 0.6) is 11.5 Å². The number of hydrogen-bond donors (Lipinski definition) is 0. The summed E-state index contributed by atoms with van der Waals surface area (Å²) in [7, 11) is 1.62. The van der Waals surface area contributed by atoms with Crippen molar-refractivity contribution < 1.29 is 19.0 Å². The molecular weight excluding hydrogens is 322 g/mol. The lowest BCUT2D eigenvalue weighted by molar-refractivity contribution is 0.0661. The highest BCUT2D eigenvalue weighted by Crippen LogP contribution is 2.32. The van der Waals surface area contributed by atoms with Gasteiger partial charge < -0.3 is 23.7 Å². The molecule has 1 aromatic carbocycles. The average Bonchev–Trinajstić information content (AvgIpc) is 3.26. The molecule has 2 aromatic rings. The zero-order valence-corrected chi connectivity index (χ0v) is 14.8. The van der Waals surface area contributed by atoms with Crippen LogP contribution in [0.25, 0.3) is 0 Å². The number of carbonyl (C=O) groups excluding carboxylic acids is 1. The van der Waals surface area contributed by atoms with Gasteiger partial charge in [0.1, 0.15) is 0 Å². The zero-order chi connectivity index (χ0) is 17.8. The number of hydrogen-bond acceptors (Lipinski definition) is 5. The molecule has 0 bridgehead atoms. The summed E-state index contributed by atoms with van der Waals surface area (Å²) in [5, 5.41) is 0. The number of benzene rings is 1. The number of imidazole rings is 1. The number of aromatic nitrogens is 2. The number of carbonyl (C=O) groups is 1. The lowest BCUT2D eigenvalue weighted by atomic mass is 10.2. The van der Waals surface area contributed by atoms with Crippen LogP contribution in [-0.4, -0.2) is 47.4 Å². The van der Waals surface area contributed by atoms with Crippen LogP contribution in [0.2, 0.25) is 0 Å². The summed E-state index contributed by atoms with van der Waals surface area (Å²) in [6.45, 7) is 5.67. The Balaban J connectivity index is 1.81. The van der Waals surface area contributed by atoms with E-state index in [-0.39, 0.29) is 18.7 Å². The molecule has 1 aromatic heterocycles. The van der Waals surface area contributed by atoms with Gasteiger partial charge in [0.05, 0.1) is 6.61 Å². The number of methoxy groups -OCH3 is 1. The second-order valence-electron chi connectivity index (χ2n) is 6.16. The number of amides is 1. The summed E-state index contributed by atoms with van der Waals surface area (Å²) in [5.41, 5.74) is 0.969. The Hall–Kier alpha value is -2.54. The molecule has 0 saturated carbocycles. The molecule has 1 aliphatic heterocycles. The molecule has 0 saturated heterocycles. The minimum atomic E-state index is -0.117. The van der Waals surface area contributed by atoms with Crippen LogP contribution in [-0.2, 0) is 11.3 Å². The van der Waals surface area contributed by atoms with Crippen LogP contribution in [0, 0.1) is 0 Å². The van der Waals surface area contributed by atoms with Gasteiger partial charge in [-0.2, -0.15) is 0 Å². The van der Waals surface area contributed by atoms with Crippen molar-refractivity contribution in [3.05, 3.63) is 42.0 Å². The Morgan fingerprint density at radius 2 is 2.16 bits per heavy atom. The molecule has 134 valence electrons. The van der Waals surface area contributed by atoms with Gasteiger partial charge in [0, 0.05) is 38.6 Å². The van der Waals surface area contributed by atoms with Crippen LogP contribution in [0.3, 0.4) is 0 Å². The van der Waals surface area contributed by atoms with E-state index in [2.05, 4.69) is 4.98 Å². The Bertz CT molecular complexity index is 742. The third kappa shape index (κ3) is 3.76. The Morgan fingerprint density at radius 1 is 1.36 bits per heavy atom. The summed E-state index contributed by atoms with van der Waals surface area (Å²) < 4.78 is 17.8. The van der Waals surface area contributed by atoms with Crippen molar-refractivity contribution in [2.45, 2.75) is 26.4 Å². The van der Waals surface area contributed by atoms with Gasteiger partial charge in [-0.05, 0) is 31.5 Å². The van der Waals surface area contributed by atoms with Crippen molar-refractivity contribution in [3.8, 4) is 11.5 Å². The summed E-state index contributed by atoms with van der Waals surface area (Å²) in [6, 6.07) is 5.88. The molecule has 0 fully saturated rings. The van der Waals surface area contributed by atoms with Crippen molar-refractivity contribution >= 4 is 5.91 Å². The molecule has 1 aliphatic rings. The van der Waals surface area contributed by atoms with Gasteiger partial charge >= 0.3 is 0 Å². The first-order valence-electron chi connectivity index (χ1n) is 8.29. The molecule has 0 aliphatic carbocycles. The quantitative estimate of drug-likeness (QED) is 0.771. The Kier molecular flexibility index (Phi) is 5.23. The fraction of sp³-hybridized carbons (Fsp3) is 0.444. The first-order valence-corrected chi connectivity index (χ1v) is 8.29. The van der Waals surface area contributed by atoms with Crippen molar-refractivity contribution in [3.63, 3.8) is 0 Å². The molecule has 0 spiro atoms. The van der Waals surface area contributed by atoms with E-state index in [1.165, 1.54) is 0 Å². The smallest absolute Gasteiger partial charge is 0.290 e. The minimum Gasteiger partial charge on any atom is -0.454 e. The standard InChI is InChI=1S/C18H23N3O4/c1-13(2)21-7-6-19-17(21)18(22)20(8-9-23-3)11-14-4-5-15-16(10-14)25-12-24-15/h4-7,10,13H,8-9,11-12H2,1-3H3. The fourth-order valence-electron chi connectivity index (χ4n) is 2.75. The van der Waals surface area contributed by atoms with Gasteiger partial charge in [0.15, 0.2) is 17.3 Å². The van der Waals surface area contributed by atoms with Gasteiger partial charge in [-0.25, -0.2) is 4.98 Å². The van der Waals surface area contributed by atoms with Gasteiger partial charge in [-0.3, -0.25) is 4.79 Å². The third-order valence-electron chi connectivity index (χ3n) is 4.08. The number of nitrogens with zero attached hydrogens (tertiary/aromatic N) is 3. The van der Waals surface area contributed by atoms with Gasteiger partial charge in [-0.15, -0.1) is 0 Å². The zero-order valence-electron chi connectivity index (χ0n) is 14.8. The van der Waals surface area contributed by atoms with Crippen LogP contribution >= 0.6 is 0 Å². The van der Waals surface area contributed by atoms with Crippen LogP contribution in [0.15, 0.2) is 30.6 Å². The SMILES string of the molecule is COCCN(Cc1ccc2c(c1)OCO2)C(=O)c1nccn1C(C)C. The molecule has 3 rings (SSSR count). The van der Waals surface area contributed by atoms with Crippen molar-refractivity contribution in [2.75, 3.05) is 27.1 Å². The van der Waals surface area contributed by atoms with E-state index in [1.54, 1.807) is 18.2 Å². The predicted octanol–water partition coefficient (Wildman–Crippen LogP) is 2.48. The maximum Gasteiger partial charge on any atom is 0.290 e. The summed E-state index contributed by atoms with van der Waals surface area (Å²) >= 11 is 0. The highest BCUT2D eigenvalue weighted by atomic mass is 16.7. The largest absolute Gasteiger partial charge is 0.454 e. The topological polar surface area (TPSA) is 65.8 Å². The van der Waals surface area contributed by atoms with E-state index in [4.69, 9.17) is 14.2 Å². The lowest BCUT2D eigenvalue weighted by Gasteiger charge is -2.23. The van der Waals surface area contributed by atoms with Crippen molar-refractivity contribution in [1.29, 1.82) is 0 Å². The minimum absolute atomic E-state index is 0.117. The summed E-state index contributed by atoms with van der Waals surface area (Å²) in [6.07, 6.45) is 3.48. The molecule has 0 N–H and O–H groups in total. The average molecular weight is 345 g/mol. The highest BCUT2D eigenvalue weighted by molar-refractivity contribution is 5.90. The first-order chi connectivity index (χ1) is 12.1. The molecule has 7 heteroatoms. The Labute approximate surface area is 147 Å². The second kappa shape index (κ2) is 7.57. The third-order valence-corrected chi connectivity index (χ3v) is 4.08. The summed E-state index contributed by atoms with van der Waals surface area (Å²) in [5.74, 6) is 1.76. The van der Waals surface area contributed by atoms with Gasteiger partial charge in [0.25, 0.3) is 5.91 Å². The number of rotatable bonds is 7. The van der Waals surface area contributed by atoms with Crippen LogP contribution in [0.1, 0.15) is 36.1 Å². The molecule has 1 amide bonds. The maximum atomic E-state index is 13.0. The molecule has 0 atom stereocenters. The summed E-state index contributed by atoms with van der Waals surface area (Å²) in [4.78, 5) is 19.0. The normalized spacial score (nSPS) is 12.6. The number of ether oxygens (including phenoxy) is 3. The van der Waals surface area contributed by atoms with Crippen LogP contribution < -0.4 is 9.47 Å². The van der Waals surface area contributed by atoms with Gasteiger partial charge in [-0.1, -0.05) is 6.07 Å². The van der Waals surface area contributed by atoms with Gasteiger partial charge in [0.2, 0.25) is 6.79 Å². The maximum absolute atomic E-state index is 13.0. The molecule has 0 unspecified atom stereocenters. The van der Waals surface area contributed by atoms with E-state index in [1.807, 2.05) is 42.8 Å². The van der Waals surface area contributed by atoms with E-state index < -0.39 is 0 Å². The molecule has 25 heavy (non-hydrogen) atoms. The predicted molar refractivity (Wildman–Crippen MR) is 91.8 cm³/mol. The molecule has 7 nitrogen and oxygen atoms in total. The monoisotopic (exact) mass is 345 g/mol. The first kappa shape index (κ1) is 17.3. The van der Waals surface area contributed by atoms with Crippen LogP contribution in [0.4, 0.5) is 0 Å². The Morgan fingerprint density at radius 3 is 2.92 bits per heavy atom.